The van der Waals surface area contributed by atoms with Gasteiger partial charge in [-0.25, -0.2) is 4.98 Å². The predicted molar refractivity (Wildman–Crippen MR) is 139 cm³/mol. The van der Waals surface area contributed by atoms with Gasteiger partial charge >= 0.3 is 0 Å². The monoisotopic (exact) mass is 487 g/mol. The van der Waals surface area contributed by atoms with Crippen LogP contribution in [0.3, 0.4) is 0 Å². The first kappa shape index (κ1) is 23.7. The van der Waals surface area contributed by atoms with Crippen LogP contribution in [0.4, 0.5) is 5.69 Å². The number of benzene rings is 3. The number of likely N-dealkylation sites (N-methyl/N-ethyl adjacent to an activating group) is 1. The number of amides is 1. The van der Waals surface area contributed by atoms with Gasteiger partial charge in [-0.05, 0) is 61.5 Å². The second-order valence-electron chi connectivity index (χ2n) is 9.19. The maximum absolute atomic E-state index is 12.9. The highest BCUT2D eigenvalue weighted by atomic mass is 16.3. The molecule has 0 spiro atoms. The van der Waals surface area contributed by atoms with Crippen LogP contribution in [-0.2, 0) is 6.42 Å². The fourth-order valence-corrected chi connectivity index (χ4v) is 4.36. The molecule has 0 radical (unpaired) electrons. The molecule has 9 heteroatoms. The molecular weight excluding hydrogens is 458 g/mol. The summed E-state index contributed by atoms with van der Waals surface area (Å²) in [4.78, 5) is 25.2. The third kappa shape index (κ3) is 4.98. The second-order valence-corrected chi connectivity index (χ2v) is 9.19. The highest BCUT2D eigenvalue weighted by Gasteiger charge is 2.17. The highest BCUT2D eigenvalue weighted by Crippen LogP contribution is 2.41. The number of imidazole rings is 1. The van der Waals surface area contributed by atoms with Crippen molar-refractivity contribution >= 4 is 22.6 Å². The van der Waals surface area contributed by atoms with Gasteiger partial charge in [0.25, 0.3) is 5.91 Å². The molecule has 4 aromatic rings. The van der Waals surface area contributed by atoms with E-state index in [0.717, 1.165) is 44.8 Å². The number of H-pyrrole nitrogens is 1. The normalized spacial score (nSPS) is 14.8. The molecule has 5 N–H and O–H groups in total. The maximum atomic E-state index is 12.9. The van der Waals surface area contributed by atoms with Gasteiger partial charge in [0.05, 0.1) is 16.6 Å². The van der Waals surface area contributed by atoms with E-state index in [2.05, 4.69) is 44.3 Å². The summed E-state index contributed by atoms with van der Waals surface area (Å²) in [6, 6.07) is 15.7. The number of aromatic hydroxyl groups is 3. The van der Waals surface area contributed by atoms with Gasteiger partial charge in [-0.15, -0.1) is 0 Å². The van der Waals surface area contributed by atoms with Gasteiger partial charge in [0.2, 0.25) is 5.75 Å². The summed E-state index contributed by atoms with van der Waals surface area (Å²) >= 11 is 0. The van der Waals surface area contributed by atoms with E-state index in [-0.39, 0.29) is 11.5 Å². The van der Waals surface area contributed by atoms with Crippen LogP contribution in [-0.4, -0.2) is 80.8 Å². The minimum Gasteiger partial charge on any atom is -0.504 e. The molecule has 3 aromatic carbocycles. The van der Waals surface area contributed by atoms with Crippen LogP contribution in [0, 0.1) is 0 Å². The lowest BCUT2D eigenvalue weighted by Gasteiger charge is -2.32. The number of nitrogens with zero attached hydrogens (tertiary/aromatic N) is 3. The third-order valence-corrected chi connectivity index (χ3v) is 6.65. The number of fused-ring (bicyclic) bond motifs is 1. The van der Waals surface area contributed by atoms with Gasteiger partial charge in [-0.1, -0.05) is 12.1 Å². The van der Waals surface area contributed by atoms with E-state index in [0.29, 0.717) is 22.4 Å². The standard InChI is InChI=1S/C27H29N5O4/c1-31-12-14-32(15-13-31)11-10-17-2-5-19(6-3-17)28-27(36)18-4-8-21-22(16-18)30-26(29-21)20-7-9-23(33)25(35)24(20)34/h2-9,16,33-35H,10-15H2,1H3,(H,28,36)(H,29,30). The van der Waals surface area contributed by atoms with E-state index in [1.807, 2.05) is 12.1 Å². The number of nitrogens with one attached hydrogen (secondary N) is 2. The summed E-state index contributed by atoms with van der Waals surface area (Å²) in [6.07, 6.45) is 0.977. The smallest absolute Gasteiger partial charge is 0.255 e. The maximum Gasteiger partial charge on any atom is 0.255 e. The molecule has 0 bridgehead atoms. The lowest BCUT2D eigenvalue weighted by molar-refractivity contribution is 0.102. The molecule has 0 saturated carbocycles. The molecule has 0 unspecified atom stereocenters. The molecule has 0 atom stereocenters. The molecule has 36 heavy (non-hydrogen) atoms. The van der Waals surface area contributed by atoms with Crippen molar-refractivity contribution in [3.63, 3.8) is 0 Å². The van der Waals surface area contributed by atoms with Gasteiger partial charge in [0.1, 0.15) is 5.82 Å². The molecule has 1 aliphatic heterocycles. The van der Waals surface area contributed by atoms with Crippen molar-refractivity contribution in [2.24, 2.45) is 0 Å². The first-order valence-electron chi connectivity index (χ1n) is 11.9. The average molecular weight is 488 g/mol. The summed E-state index contributed by atoms with van der Waals surface area (Å²) in [5.41, 5.74) is 3.84. The molecule has 1 aromatic heterocycles. The Morgan fingerprint density at radius 3 is 2.47 bits per heavy atom. The lowest BCUT2D eigenvalue weighted by Crippen LogP contribution is -2.45. The molecule has 2 heterocycles. The molecule has 1 fully saturated rings. The number of aromatic amines is 1. The zero-order valence-corrected chi connectivity index (χ0v) is 20.0. The number of piperazine rings is 1. The van der Waals surface area contributed by atoms with Crippen LogP contribution in [0.1, 0.15) is 15.9 Å². The molecule has 0 aliphatic carbocycles. The van der Waals surface area contributed by atoms with Crippen molar-refractivity contribution in [3.8, 4) is 28.6 Å². The summed E-state index contributed by atoms with van der Waals surface area (Å²) in [7, 11) is 2.16. The Balaban J connectivity index is 1.24. The van der Waals surface area contributed by atoms with Gasteiger partial charge in [-0.3, -0.25) is 4.79 Å². The Bertz CT molecular complexity index is 1390. The van der Waals surface area contributed by atoms with E-state index < -0.39 is 17.2 Å². The molecule has 186 valence electrons. The van der Waals surface area contributed by atoms with Crippen LogP contribution in [0.15, 0.2) is 54.6 Å². The van der Waals surface area contributed by atoms with E-state index in [1.54, 1.807) is 18.2 Å². The van der Waals surface area contributed by atoms with Crippen LogP contribution in [0.2, 0.25) is 0 Å². The number of phenols is 3. The number of rotatable bonds is 6. The minimum atomic E-state index is -0.613. The number of hydrogen-bond donors (Lipinski definition) is 5. The Labute approximate surface area is 208 Å². The molecule has 5 rings (SSSR count). The summed E-state index contributed by atoms with van der Waals surface area (Å²) in [5.74, 6) is -1.45. The first-order valence-corrected chi connectivity index (χ1v) is 11.9. The summed E-state index contributed by atoms with van der Waals surface area (Å²) < 4.78 is 0. The van der Waals surface area contributed by atoms with E-state index >= 15 is 0 Å². The van der Waals surface area contributed by atoms with Gasteiger partial charge in [0, 0.05) is 44.0 Å². The second kappa shape index (κ2) is 9.88. The third-order valence-electron chi connectivity index (χ3n) is 6.65. The Morgan fingerprint density at radius 1 is 0.972 bits per heavy atom. The zero-order valence-electron chi connectivity index (χ0n) is 20.0. The topological polar surface area (TPSA) is 125 Å². The van der Waals surface area contributed by atoms with Crippen molar-refractivity contribution in [2.45, 2.75) is 6.42 Å². The number of carbonyl (C=O) groups is 1. The average Bonchev–Trinajstić information content (AvgIpc) is 3.31. The summed E-state index contributed by atoms with van der Waals surface area (Å²) in [5, 5.41) is 32.4. The number of carbonyl (C=O) groups excluding carboxylic acids is 1. The largest absolute Gasteiger partial charge is 0.504 e. The van der Waals surface area contributed by atoms with Crippen molar-refractivity contribution < 1.29 is 20.1 Å². The quantitative estimate of drug-likeness (QED) is 0.264. The Kier molecular flexibility index (Phi) is 6.49. The SMILES string of the molecule is CN1CCN(CCc2ccc(NC(=O)c3ccc4nc(-c5ccc(O)c(O)c5O)[nH]c4c3)cc2)CC1. The molecule has 1 amide bonds. The van der Waals surface area contributed by atoms with Crippen molar-refractivity contribution in [2.75, 3.05) is 45.1 Å². The number of phenolic OH excluding ortho intramolecular Hbond substituents is 3. The van der Waals surface area contributed by atoms with Crippen LogP contribution in [0.5, 0.6) is 17.2 Å². The van der Waals surface area contributed by atoms with Gasteiger partial charge in [0.15, 0.2) is 11.5 Å². The Hall–Kier alpha value is -4.08. The Morgan fingerprint density at radius 2 is 1.72 bits per heavy atom. The van der Waals surface area contributed by atoms with Gasteiger partial charge < -0.3 is 35.4 Å². The van der Waals surface area contributed by atoms with Gasteiger partial charge in [-0.2, -0.15) is 0 Å². The number of hydrogen-bond acceptors (Lipinski definition) is 7. The lowest BCUT2D eigenvalue weighted by atomic mass is 10.1. The highest BCUT2D eigenvalue weighted by molar-refractivity contribution is 6.06. The van der Waals surface area contributed by atoms with Crippen molar-refractivity contribution in [1.82, 2.24) is 19.8 Å². The predicted octanol–water partition coefficient (Wildman–Crippen LogP) is 3.39. The van der Waals surface area contributed by atoms with E-state index in [9.17, 15) is 20.1 Å². The van der Waals surface area contributed by atoms with E-state index in [1.165, 1.54) is 17.7 Å². The van der Waals surface area contributed by atoms with Crippen LogP contribution in [0.25, 0.3) is 22.4 Å². The number of anilines is 1. The van der Waals surface area contributed by atoms with Crippen molar-refractivity contribution in [3.05, 3.63) is 65.7 Å². The molecule has 9 nitrogen and oxygen atoms in total. The minimum absolute atomic E-state index is 0.236. The molecule has 1 aliphatic rings. The van der Waals surface area contributed by atoms with Crippen LogP contribution >= 0.6 is 0 Å². The summed E-state index contributed by atoms with van der Waals surface area (Å²) in [6.45, 7) is 5.46. The zero-order chi connectivity index (χ0) is 25.2. The first-order chi connectivity index (χ1) is 17.4. The van der Waals surface area contributed by atoms with Crippen LogP contribution < -0.4 is 5.32 Å². The number of aromatic nitrogens is 2. The molecule has 1 saturated heterocycles. The fourth-order valence-electron chi connectivity index (χ4n) is 4.36. The van der Waals surface area contributed by atoms with Crippen molar-refractivity contribution in [1.29, 1.82) is 0 Å². The molecular formula is C27H29N5O4. The fraction of sp³-hybridized carbons (Fsp3) is 0.259. The van der Waals surface area contributed by atoms with E-state index in [4.69, 9.17) is 0 Å².